The molecule has 3 fully saturated rings. The maximum atomic E-state index is 12.8. The number of nitrogens with one attached hydrogen (secondary N) is 1. The number of rotatable bonds is 8. The second-order valence-electron chi connectivity index (χ2n) is 10.1. The molecular weight excluding hydrogens is 382 g/mol. The number of benzene rings is 1. The van der Waals surface area contributed by atoms with E-state index in [2.05, 4.69) is 5.32 Å². The Hall–Kier alpha value is -1.36. The first kappa shape index (κ1) is 20.9. The normalized spacial score (nSPS) is 27.6. The Morgan fingerprint density at radius 1 is 1.03 bits per heavy atom. The first-order chi connectivity index (χ1) is 13.8. The van der Waals surface area contributed by atoms with Crippen molar-refractivity contribution >= 4 is 15.7 Å². The molecule has 3 saturated carbocycles. The molecule has 0 atom stereocenters. The lowest BCUT2D eigenvalue weighted by molar-refractivity contribution is 0.0895. The molecule has 0 unspecified atom stereocenters. The summed E-state index contributed by atoms with van der Waals surface area (Å²) in [6.07, 6.45) is 9.25. The van der Waals surface area contributed by atoms with E-state index < -0.39 is 9.84 Å². The highest BCUT2D eigenvalue weighted by atomic mass is 32.2. The molecule has 4 rings (SSSR count). The highest BCUT2D eigenvalue weighted by molar-refractivity contribution is 7.92. The van der Waals surface area contributed by atoms with E-state index >= 15 is 0 Å². The Bertz CT molecular complexity index is 860. The predicted octanol–water partition coefficient (Wildman–Crippen LogP) is 4.59. The van der Waals surface area contributed by atoms with Crippen molar-refractivity contribution < 1.29 is 13.2 Å². The number of hydrogen-bond acceptors (Lipinski definition) is 3. The fourth-order valence-corrected chi connectivity index (χ4v) is 7.35. The molecule has 0 spiro atoms. The minimum absolute atomic E-state index is 0.00107. The second-order valence-corrected chi connectivity index (χ2v) is 12.4. The van der Waals surface area contributed by atoms with Crippen LogP contribution in [0.15, 0.2) is 18.2 Å². The maximum absolute atomic E-state index is 12.8. The fourth-order valence-electron chi connectivity index (χ4n) is 5.13. The summed E-state index contributed by atoms with van der Waals surface area (Å²) in [7, 11) is -2.95. The zero-order valence-electron chi connectivity index (χ0n) is 17.9. The van der Waals surface area contributed by atoms with Crippen LogP contribution in [-0.4, -0.2) is 31.9 Å². The van der Waals surface area contributed by atoms with Crippen LogP contribution in [0.4, 0.5) is 0 Å². The minimum Gasteiger partial charge on any atom is -0.351 e. The molecule has 1 aromatic rings. The van der Waals surface area contributed by atoms with E-state index in [-0.39, 0.29) is 16.6 Å². The molecule has 0 radical (unpaired) electrons. The van der Waals surface area contributed by atoms with Gasteiger partial charge in [0.1, 0.15) is 0 Å². The van der Waals surface area contributed by atoms with Crippen molar-refractivity contribution in [3.8, 4) is 0 Å². The SMILES string of the molecule is Cc1ccc(C(=O)NCC2(CC3CC3)CCC(S(=O)(=O)CC3CC3)CC2)c(C)c1. The van der Waals surface area contributed by atoms with E-state index in [4.69, 9.17) is 0 Å². The van der Waals surface area contributed by atoms with Crippen molar-refractivity contribution in [3.05, 3.63) is 34.9 Å². The van der Waals surface area contributed by atoms with Crippen LogP contribution in [0.3, 0.4) is 0 Å². The number of hydrogen-bond donors (Lipinski definition) is 1. The fraction of sp³-hybridized carbons (Fsp3) is 0.708. The molecule has 4 nitrogen and oxygen atoms in total. The molecule has 1 aromatic carbocycles. The van der Waals surface area contributed by atoms with Crippen LogP contribution >= 0.6 is 0 Å². The minimum atomic E-state index is -2.95. The van der Waals surface area contributed by atoms with Gasteiger partial charge in [-0.15, -0.1) is 0 Å². The van der Waals surface area contributed by atoms with Gasteiger partial charge in [0, 0.05) is 12.1 Å². The van der Waals surface area contributed by atoms with Crippen LogP contribution in [0.2, 0.25) is 0 Å². The highest BCUT2D eigenvalue weighted by Crippen LogP contribution is 2.48. The van der Waals surface area contributed by atoms with Gasteiger partial charge in [0.25, 0.3) is 5.91 Å². The van der Waals surface area contributed by atoms with Crippen molar-refractivity contribution in [3.63, 3.8) is 0 Å². The van der Waals surface area contributed by atoms with Crippen LogP contribution in [-0.2, 0) is 9.84 Å². The van der Waals surface area contributed by atoms with Crippen LogP contribution in [0.1, 0.15) is 79.3 Å². The second kappa shape index (κ2) is 8.05. The van der Waals surface area contributed by atoms with Gasteiger partial charge < -0.3 is 5.32 Å². The highest BCUT2D eigenvalue weighted by Gasteiger charge is 2.43. The first-order valence-corrected chi connectivity index (χ1v) is 13.0. The van der Waals surface area contributed by atoms with Gasteiger partial charge in [0.2, 0.25) is 0 Å². The van der Waals surface area contributed by atoms with Crippen molar-refractivity contribution in [2.75, 3.05) is 12.3 Å². The lowest BCUT2D eigenvalue weighted by Gasteiger charge is -2.40. The third-order valence-corrected chi connectivity index (χ3v) is 9.76. The lowest BCUT2D eigenvalue weighted by atomic mass is 9.70. The van der Waals surface area contributed by atoms with Crippen molar-refractivity contribution in [1.29, 1.82) is 0 Å². The predicted molar refractivity (Wildman–Crippen MR) is 117 cm³/mol. The summed E-state index contributed by atoms with van der Waals surface area (Å²) in [6, 6.07) is 5.94. The quantitative estimate of drug-likeness (QED) is 0.673. The molecule has 0 aliphatic heterocycles. The van der Waals surface area contributed by atoms with Crippen LogP contribution in [0.25, 0.3) is 0 Å². The standard InChI is InChI=1S/C24H35NO3S/c1-17-3-8-22(18(2)13-17)23(26)25-16-24(14-19-4-5-19)11-9-21(10-12-24)29(27,28)15-20-6-7-20/h3,8,13,19-21H,4-7,9-12,14-16H2,1-2H3,(H,25,26). The molecule has 0 saturated heterocycles. The Balaban J connectivity index is 1.39. The third-order valence-electron chi connectivity index (χ3n) is 7.34. The van der Waals surface area contributed by atoms with Gasteiger partial charge in [-0.1, -0.05) is 30.5 Å². The van der Waals surface area contributed by atoms with Gasteiger partial charge in [-0.3, -0.25) is 4.79 Å². The summed E-state index contributed by atoms with van der Waals surface area (Å²) < 4.78 is 25.5. The zero-order valence-corrected chi connectivity index (χ0v) is 18.7. The lowest BCUT2D eigenvalue weighted by Crippen LogP contribution is -2.43. The summed E-state index contributed by atoms with van der Waals surface area (Å²) >= 11 is 0. The van der Waals surface area contributed by atoms with Gasteiger partial charge in [-0.2, -0.15) is 0 Å². The zero-order chi connectivity index (χ0) is 20.6. The molecule has 3 aliphatic rings. The van der Waals surface area contributed by atoms with E-state index in [0.29, 0.717) is 18.2 Å². The van der Waals surface area contributed by atoms with Crippen molar-refractivity contribution in [2.45, 2.75) is 76.9 Å². The summed E-state index contributed by atoms with van der Waals surface area (Å²) in [5.74, 6) is 1.60. The van der Waals surface area contributed by atoms with Gasteiger partial charge in [0.05, 0.1) is 11.0 Å². The smallest absolute Gasteiger partial charge is 0.251 e. The van der Waals surface area contributed by atoms with Crippen molar-refractivity contribution in [1.82, 2.24) is 5.32 Å². The largest absolute Gasteiger partial charge is 0.351 e. The molecule has 29 heavy (non-hydrogen) atoms. The molecule has 5 heteroatoms. The maximum Gasteiger partial charge on any atom is 0.251 e. The molecule has 0 heterocycles. The molecule has 3 aliphatic carbocycles. The number of carbonyl (C=O) groups excluding carboxylic acids is 1. The molecular formula is C24H35NO3S. The molecule has 1 amide bonds. The molecule has 0 aromatic heterocycles. The van der Waals surface area contributed by atoms with Gasteiger partial charge in [0.15, 0.2) is 9.84 Å². The van der Waals surface area contributed by atoms with E-state index in [9.17, 15) is 13.2 Å². The molecule has 160 valence electrons. The van der Waals surface area contributed by atoms with Crippen LogP contribution in [0.5, 0.6) is 0 Å². The Morgan fingerprint density at radius 2 is 1.69 bits per heavy atom. The Labute approximate surface area is 175 Å². The van der Waals surface area contributed by atoms with E-state index in [1.807, 2.05) is 32.0 Å². The van der Waals surface area contributed by atoms with Gasteiger partial charge in [-0.05, 0) is 87.7 Å². The Kier molecular flexibility index (Phi) is 5.80. The van der Waals surface area contributed by atoms with E-state index in [1.165, 1.54) is 12.8 Å². The third kappa shape index (κ3) is 5.22. The van der Waals surface area contributed by atoms with Crippen LogP contribution in [0, 0.1) is 31.1 Å². The number of aryl methyl sites for hydroxylation is 2. The summed E-state index contributed by atoms with van der Waals surface area (Å²) in [5, 5.41) is 3.05. The van der Waals surface area contributed by atoms with Crippen LogP contribution < -0.4 is 5.32 Å². The molecule has 0 bridgehead atoms. The Morgan fingerprint density at radius 3 is 2.28 bits per heavy atom. The van der Waals surface area contributed by atoms with Gasteiger partial charge >= 0.3 is 0 Å². The topological polar surface area (TPSA) is 63.2 Å². The molecule has 1 N–H and O–H groups in total. The monoisotopic (exact) mass is 417 g/mol. The number of carbonyl (C=O) groups is 1. The summed E-state index contributed by atoms with van der Waals surface area (Å²) in [4.78, 5) is 12.8. The van der Waals surface area contributed by atoms with Crippen molar-refractivity contribution in [2.24, 2.45) is 17.3 Å². The van der Waals surface area contributed by atoms with Gasteiger partial charge in [-0.25, -0.2) is 8.42 Å². The average Bonchev–Trinajstić information content (AvgIpc) is 3.58. The van der Waals surface area contributed by atoms with E-state index in [1.54, 1.807) is 0 Å². The number of amides is 1. The summed E-state index contributed by atoms with van der Waals surface area (Å²) in [6.45, 7) is 4.69. The number of sulfone groups is 1. The average molecular weight is 418 g/mol. The van der Waals surface area contributed by atoms with E-state index in [0.717, 1.165) is 67.6 Å². The summed E-state index contributed by atoms with van der Waals surface area (Å²) in [5.41, 5.74) is 2.99. The first-order valence-electron chi connectivity index (χ1n) is 11.3.